The molecule has 0 radical (unpaired) electrons. The normalized spacial score (nSPS) is 16.7. The third-order valence-corrected chi connectivity index (χ3v) is 5.29. The molecule has 0 aliphatic carbocycles. The van der Waals surface area contributed by atoms with Crippen LogP contribution in [-0.4, -0.2) is 53.4 Å². The molecule has 0 saturated carbocycles. The summed E-state index contributed by atoms with van der Waals surface area (Å²) in [4.78, 5) is 36.6. The number of likely N-dealkylation sites (N-methyl/N-ethyl adjacent to an activating group) is 1. The molecule has 1 saturated heterocycles. The highest BCUT2D eigenvalue weighted by Gasteiger charge is 2.34. The molecule has 166 valence electrons. The fourth-order valence-corrected chi connectivity index (χ4v) is 3.69. The van der Waals surface area contributed by atoms with Crippen LogP contribution in [-0.2, 0) is 15.8 Å². The van der Waals surface area contributed by atoms with Crippen molar-refractivity contribution < 1.29 is 22.8 Å². The molecule has 1 aliphatic heterocycles. The Kier molecular flexibility index (Phi) is 6.99. The maximum Gasteiger partial charge on any atom is 0.417 e. The van der Waals surface area contributed by atoms with Gasteiger partial charge in [0.15, 0.2) is 0 Å². The lowest BCUT2D eigenvalue weighted by atomic mass is 9.96. The van der Waals surface area contributed by atoms with Crippen LogP contribution in [0.5, 0.6) is 0 Å². The molecular weight excluding hydrogens is 435 g/mol. The van der Waals surface area contributed by atoms with E-state index in [0.29, 0.717) is 18.8 Å². The number of anilines is 2. The largest absolute Gasteiger partial charge is 0.417 e. The average molecular weight is 456 g/mol. The molecule has 2 aromatic rings. The van der Waals surface area contributed by atoms with Gasteiger partial charge in [-0.3, -0.25) is 14.6 Å². The summed E-state index contributed by atoms with van der Waals surface area (Å²) in [6, 6.07) is 3.11. The van der Waals surface area contributed by atoms with Crippen molar-refractivity contribution in [3.63, 3.8) is 0 Å². The average Bonchev–Trinajstić information content (AvgIpc) is 2.74. The van der Waals surface area contributed by atoms with Gasteiger partial charge < -0.3 is 15.1 Å². The van der Waals surface area contributed by atoms with Crippen LogP contribution in [0.25, 0.3) is 0 Å². The Morgan fingerprint density at radius 3 is 2.77 bits per heavy atom. The number of amides is 2. The minimum absolute atomic E-state index is 0.0472. The lowest BCUT2D eigenvalue weighted by Crippen LogP contribution is -2.45. The van der Waals surface area contributed by atoms with Crippen LogP contribution in [0.3, 0.4) is 0 Å². The standard InChI is InChI=1S/C20H21ClF3N5O2/c1-28(12-18(30)27-14-4-5-16(21)15(9-14)20(22,23)24)19(31)13-3-2-8-29(11-13)17-10-25-6-7-26-17/h4-7,9-10,13H,2-3,8,11-12H2,1H3,(H,27,30)/t13-/m1/s1. The van der Waals surface area contributed by atoms with Crippen LogP contribution in [0.2, 0.25) is 5.02 Å². The summed E-state index contributed by atoms with van der Waals surface area (Å²) >= 11 is 5.59. The van der Waals surface area contributed by atoms with Crippen LogP contribution in [0.1, 0.15) is 18.4 Å². The molecule has 1 atom stereocenters. The number of nitrogens with one attached hydrogen (secondary N) is 1. The summed E-state index contributed by atoms with van der Waals surface area (Å²) < 4.78 is 38.9. The Hall–Kier alpha value is -2.88. The van der Waals surface area contributed by atoms with E-state index in [1.807, 2.05) is 4.90 Å². The van der Waals surface area contributed by atoms with Crippen molar-refractivity contribution in [3.05, 3.63) is 47.4 Å². The summed E-state index contributed by atoms with van der Waals surface area (Å²) in [5.41, 5.74) is -1.09. The Labute approximate surface area is 182 Å². The monoisotopic (exact) mass is 455 g/mol. The van der Waals surface area contributed by atoms with Crippen molar-refractivity contribution in [2.75, 3.05) is 36.9 Å². The van der Waals surface area contributed by atoms with Gasteiger partial charge in [0.1, 0.15) is 5.82 Å². The molecule has 3 rings (SSSR count). The molecule has 1 aliphatic rings. The van der Waals surface area contributed by atoms with Gasteiger partial charge >= 0.3 is 6.18 Å². The van der Waals surface area contributed by atoms with Gasteiger partial charge in [-0.2, -0.15) is 13.2 Å². The molecule has 2 amide bonds. The van der Waals surface area contributed by atoms with Crippen molar-refractivity contribution in [1.82, 2.24) is 14.9 Å². The van der Waals surface area contributed by atoms with Crippen LogP contribution < -0.4 is 10.2 Å². The van der Waals surface area contributed by atoms with E-state index >= 15 is 0 Å². The molecule has 11 heteroatoms. The van der Waals surface area contributed by atoms with Crippen LogP contribution in [0, 0.1) is 5.92 Å². The highest BCUT2D eigenvalue weighted by atomic mass is 35.5. The number of aromatic nitrogens is 2. The van der Waals surface area contributed by atoms with Crippen LogP contribution in [0.4, 0.5) is 24.7 Å². The summed E-state index contributed by atoms with van der Waals surface area (Å²) in [7, 11) is 1.49. The van der Waals surface area contributed by atoms with Crippen molar-refractivity contribution in [3.8, 4) is 0 Å². The SMILES string of the molecule is CN(CC(=O)Nc1ccc(Cl)c(C(F)(F)F)c1)C(=O)[C@@H]1CCCN(c2cnccn2)C1. The number of piperidine rings is 1. The Morgan fingerprint density at radius 2 is 2.10 bits per heavy atom. The van der Waals surface area contributed by atoms with E-state index < -0.39 is 22.7 Å². The topological polar surface area (TPSA) is 78.4 Å². The molecule has 1 aromatic heterocycles. The number of hydrogen-bond donors (Lipinski definition) is 1. The molecule has 7 nitrogen and oxygen atoms in total. The number of hydrogen-bond acceptors (Lipinski definition) is 5. The second-order valence-electron chi connectivity index (χ2n) is 7.28. The fraction of sp³-hybridized carbons (Fsp3) is 0.400. The van der Waals surface area contributed by atoms with Crippen molar-refractivity contribution in [2.45, 2.75) is 19.0 Å². The number of halogens is 4. The number of alkyl halides is 3. The van der Waals surface area contributed by atoms with Gasteiger partial charge in [-0.15, -0.1) is 0 Å². The van der Waals surface area contributed by atoms with Crippen molar-refractivity contribution in [1.29, 1.82) is 0 Å². The van der Waals surface area contributed by atoms with E-state index in [0.717, 1.165) is 25.1 Å². The molecule has 0 spiro atoms. The van der Waals surface area contributed by atoms with Crippen LogP contribution in [0.15, 0.2) is 36.8 Å². The van der Waals surface area contributed by atoms with Gasteiger partial charge in [0, 0.05) is 38.2 Å². The third-order valence-electron chi connectivity index (χ3n) is 4.96. The zero-order valence-electron chi connectivity index (χ0n) is 16.7. The smallest absolute Gasteiger partial charge is 0.355 e. The van der Waals surface area contributed by atoms with E-state index in [2.05, 4.69) is 15.3 Å². The fourth-order valence-electron chi connectivity index (χ4n) is 3.47. The lowest BCUT2D eigenvalue weighted by Gasteiger charge is -2.34. The van der Waals surface area contributed by atoms with Crippen molar-refractivity contribution >= 4 is 34.9 Å². The molecular formula is C20H21ClF3N5O2. The Morgan fingerprint density at radius 1 is 1.32 bits per heavy atom. The number of nitrogens with zero attached hydrogens (tertiary/aromatic N) is 4. The molecule has 0 unspecified atom stereocenters. The number of carbonyl (C=O) groups excluding carboxylic acids is 2. The number of benzene rings is 1. The maximum absolute atomic E-state index is 13.0. The second kappa shape index (κ2) is 9.51. The van der Waals surface area contributed by atoms with E-state index in [9.17, 15) is 22.8 Å². The van der Waals surface area contributed by atoms with Gasteiger partial charge in [-0.1, -0.05) is 11.6 Å². The predicted molar refractivity (Wildman–Crippen MR) is 110 cm³/mol. The van der Waals surface area contributed by atoms with Crippen LogP contribution >= 0.6 is 11.6 Å². The third kappa shape index (κ3) is 5.84. The van der Waals surface area contributed by atoms with E-state index in [1.54, 1.807) is 18.6 Å². The van der Waals surface area contributed by atoms with E-state index in [4.69, 9.17) is 11.6 Å². The minimum Gasteiger partial charge on any atom is -0.355 e. The first-order valence-corrected chi connectivity index (χ1v) is 9.95. The van der Waals surface area contributed by atoms with E-state index in [1.165, 1.54) is 18.0 Å². The lowest BCUT2D eigenvalue weighted by molar-refractivity contribution is -0.137. The first-order chi connectivity index (χ1) is 14.6. The van der Waals surface area contributed by atoms with Gasteiger partial charge in [0.05, 0.1) is 29.2 Å². The predicted octanol–water partition coefficient (Wildman–Crippen LogP) is 3.46. The second-order valence-corrected chi connectivity index (χ2v) is 7.69. The zero-order chi connectivity index (χ0) is 22.6. The summed E-state index contributed by atoms with van der Waals surface area (Å²) in [6.45, 7) is 0.921. The Bertz CT molecular complexity index is 942. The summed E-state index contributed by atoms with van der Waals surface area (Å²) in [5, 5.41) is 1.93. The maximum atomic E-state index is 13.0. The van der Waals surface area contributed by atoms with Gasteiger partial charge in [0.2, 0.25) is 11.8 Å². The highest BCUT2D eigenvalue weighted by Crippen LogP contribution is 2.36. The minimum atomic E-state index is -4.64. The first kappa shape index (κ1) is 22.8. The van der Waals surface area contributed by atoms with Gasteiger partial charge in [-0.05, 0) is 31.0 Å². The van der Waals surface area contributed by atoms with Crippen molar-refractivity contribution in [2.24, 2.45) is 5.92 Å². The molecule has 1 N–H and O–H groups in total. The first-order valence-electron chi connectivity index (χ1n) is 9.57. The molecule has 1 fully saturated rings. The molecule has 31 heavy (non-hydrogen) atoms. The zero-order valence-corrected chi connectivity index (χ0v) is 17.5. The highest BCUT2D eigenvalue weighted by molar-refractivity contribution is 6.31. The number of carbonyl (C=O) groups is 2. The van der Waals surface area contributed by atoms with Gasteiger partial charge in [0.25, 0.3) is 0 Å². The molecule has 0 bridgehead atoms. The quantitative estimate of drug-likeness (QED) is 0.747. The van der Waals surface area contributed by atoms with Gasteiger partial charge in [-0.25, -0.2) is 4.98 Å². The summed E-state index contributed by atoms with van der Waals surface area (Å²) in [6.07, 6.45) is 1.61. The Balaban J connectivity index is 1.59. The molecule has 2 heterocycles. The summed E-state index contributed by atoms with van der Waals surface area (Å²) in [5.74, 6) is -0.451. The van der Waals surface area contributed by atoms with E-state index in [-0.39, 0.29) is 24.1 Å². The number of rotatable bonds is 5. The molecule has 1 aromatic carbocycles.